The highest BCUT2D eigenvalue weighted by Gasteiger charge is 2.36. The van der Waals surface area contributed by atoms with Crippen LogP contribution >= 0.6 is 0 Å². The number of rotatable bonds is 9. The van der Waals surface area contributed by atoms with Crippen molar-refractivity contribution in [1.82, 2.24) is 35.1 Å². The van der Waals surface area contributed by atoms with Gasteiger partial charge in [-0.15, -0.1) is 0 Å². The summed E-state index contributed by atoms with van der Waals surface area (Å²) in [4.78, 5) is 75.3. The summed E-state index contributed by atoms with van der Waals surface area (Å²) in [6.45, 7) is 6.42. The van der Waals surface area contributed by atoms with Crippen molar-refractivity contribution in [3.8, 4) is 0 Å². The van der Waals surface area contributed by atoms with Crippen LogP contribution in [0, 0.1) is 5.82 Å². The Labute approximate surface area is 388 Å². The minimum Gasteiger partial charge on any atom is -0.370 e. The molecular weight excluding hydrogens is 881 g/mol. The lowest BCUT2D eigenvalue weighted by Gasteiger charge is -2.37. The van der Waals surface area contributed by atoms with Gasteiger partial charge in [0.15, 0.2) is 0 Å². The number of aromatic amines is 2. The van der Waals surface area contributed by atoms with Gasteiger partial charge in [-0.25, -0.2) is 14.4 Å². The van der Waals surface area contributed by atoms with Gasteiger partial charge in [0.1, 0.15) is 17.2 Å². The van der Waals surface area contributed by atoms with E-state index in [-0.39, 0.29) is 45.3 Å². The van der Waals surface area contributed by atoms with Crippen molar-refractivity contribution >= 4 is 50.4 Å². The van der Waals surface area contributed by atoms with Gasteiger partial charge in [0, 0.05) is 87.3 Å². The maximum atomic E-state index is 15.5. The molecule has 4 fully saturated rings. The van der Waals surface area contributed by atoms with E-state index in [2.05, 4.69) is 50.2 Å². The Bertz CT molecular complexity index is 2980. The number of halogens is 4. The maximum absolute atomic E-state index is 15.5. The van der Waals surface area contributed by atoms with Crippen LogP contribution in [0.4, 0.5) is 34.6 Å². The van der Waals surface area contributed by atoms with Gasteiger partial charge in [-0.2, -0.15) is 13.2 Å². The lowest BCUT2D eigenvalue weighted by molar-refractivity contribution is -0.136. The van der Waals surface area contributed by atoms with Gasteiger partial charge in [-0.3, -0.25) is 29.0 Å². The molecule has 6 aromatic rings. The molecule has 0 radical (unpaired) electrons. The first kappa shape index (κ1) is 45.1. The van der Waals surface area contributed by atoms with Gasteiger partial charge >= 0.3 is 6.18 Å². The Hall–Kier alpha value is -6.66. The van der Waals surface area contributed by atoms with Crippen LogP contribution in [-0.2, 0) is 6.18 Å². The summed E-state index contributed by atoms with van der Waals surface area (Å²) in [5.74, 6) is -1.39. The molecule has 0 bridgehead atoms. The van der Waals surface area contributed by atoms with Gasteiger partial charge in [0.25, 0.3) is 22.9 Å². The number of benzene rings is 2. The molecule has 4 N–H and O–H groups in total. The number of hydrogen-bond acceptors (Lipinski definition) is 10. The molecule has 10 rings (SSSR count). The molecule has 0 spiro atoms. The first-order valence-corrected chi connectivity index (χ1v) is 23.3. The van der Waals surface area contributed by atoms with E-state index in [1.165, 1.54) is 6.07 Å². The number of likely N-dealkylation sites (tertiary alicyclic amines) is 2. The van der Waals surface area contributed by atoms with E-state index in [0.29, 0.717) is 35.4 Å². The molecule has 4 saturated heterocycles. The maximum Gasteiger partial charge on any atom is 0.417 e. The van der Waals surface area contributed by atoms with E-state index >= 15 is 4.39 Å². The summed E-state index contributed by atoms with van der Waals surface area (Å²) < 4.78 is 56.3. The number of hydrogen-bond donors (Lipinski definition) is 4. The average molecular weight is 933 g/mol. The molecule has 2 atom stereocenters. The van der Waals surface area contributed by atoms with Crippen molar-refractivity contribution in [2.45, 2.75) is 68.6 Å². The van der Waals surface area contributed by atoms with Crippen LogP contribution in [0.3, 0.4) is 0 Å². The molecule has 2 aromatic carbocycles. The van der Waals surface area contributed by atoms with E-state index in [0.717, 1.165) is 114 Å². The summed E-state index contributed by atoms with van der Waals surface area (Å²) in [6, 6.07) is 18.0. The fourth-order valence-electron chi connectivity index (χ4n) is 10.9. The third-order valence-corrected chi connectivity index (χ3v) is 14.6. The predicted molar refractivity (Wildman–Crippen MR) is 252 cm³/mol. The van der Waals surface area contributed by atoms with Crippen molar-refractivity contribution in [2.24, 2.45) is 0 Å². The van der Waals surface area contributed by atoms with Crippen LogP contribution in [0.15, 0.2) is 88.7 Å². The minimum atomic E-state index is -4.62. The molecule has 4 aromatic heterocycles. The molecule has 18 heteroatoms. The number of nitrogens with zero attached hydrogens (tertiary/aromatic N) is 6. The van der Waals surface area contributed by atoms with Crippen LogP contribution in [0.25, 0.3) is 21.5 Å². The zero-order valence-corrected chi connectivity index (χ0v) is 37.5. The highest BCUT2D eigenvalue weighted by molar-refractivity contribution is 6.04. The molecule has 4 aliphatic rings. The molecule has 68 heavy (non-hydrogen) atoms. The Kier molecular flexibility index (Phi) is 12.2. The van der Waals surface area contributed by atoms with Crippen LogP contribution < -0.4 is 31.6 Å². The summed E-state index contributed by atoms with van der Waals surface area (Å²) in [6.07, 6.45) is 4.13. The molecule has 354 valence electrons. The number of carbonyl (C=O) groups excluding carboxylic acids is 2. The Morgan fingerprint density at radius 2 is 1.18 bits per heavy atom. The van der Waals surface area contributed by atoms with Gasteiger partial charge in [-0.05, 0) is 117 Å². The molecular formula is C50H52F4N10O4. The van der Waals surface area contributed by atoms with E-state index in [4.69, 9.17) is 0 Å². The third-order valence-electron chi connectivity index (χ3n) is 14.6. The second-order valence-electron chi connectivity index (χ2n) is 18.5. The SMILES string of the molecule is CNC(=O)c1ccc(N2CCC(N3CCC(c4cc5cc(NC(=O)c6ccc(N7CCC(N8CCC(c9cc%10cccc(C(F)(F)F)c%10c(=O)[nH]9)C8)CC7)cn6)cc(F)c5c(=O)[nH]4)C3)CC2)cn1. The molecule has 8 heterocycles. The second kappa shape index (κ2) is 18.4. The second-order valence-corrected chi connectivity index (χ2v) is 18.5. The third kappa shape index (κ3) is 9.06. The van der Waals surface area contributed by atoms with E-state index < -0.39 is 34.6 Å². The van der Waals surface area contributed by atoms with Gasteiger partial charge in [-0.1, -0.05) is 12.1 Å². The van der Waals surface area contributed by atoms with Crippen molar-refractivity contribution in [3.05, 3.63) is 134 Å². The first-order chi connectivity index (χ1) is 32.8. The topological polar surface area (TPSA) is 163 Å². The number of amides is 2. The molecule has 2 amide bonds. The number of piperidine rings is 2. The lowest BCUT2D eigenvalue weighted by atomic mass is 9.99. The van der Waals surface area contributed by atoms with E-state index in [9.17, 15) is 32.3 Å². The molecule has 4 aliphatic heterocycles. The largest absolute Gasteiger partial charge is 0.417 e. The Morgan fingerprint density at radius 1 is 0.647 bits per heavy atom. The number of carbonyl (C=O) groups is 2. The molecule has 0 saturated carbocycles. The minimum absolute atomic E-state index is 0.00658. The molecule has 0 aliphatic carbocycles. The summed E-state index contributed by atoms with van der Waals surface area (Å²) in [5, 5.41) is 5.67. The first-order valence-electron chi connectivity index (χ1n) is 23.3. The fourth-order valence-corrected chi connectivity index (χ4v) is 10.9. The number of aromatic nitrogens is 4. The summed E-state index contributed by atoms with van der Waals surface area (Å²) in [5.41, 5.74) is 1.87. The standard InChI is InChI=1S/C50H52F4N10O4/c1-55-46(65)40-7-5-36(25-56-40)61-17-11-35(12-18-61)64-16-10-31(28-64)43-23-32-21-33(24-39(51)45(32)49(68)60-43)58-47(66)41-8-6-37(26-57-41)62-19-13-34(14-20-62)63-15-9-30(27-63)42-22-29-3-2-4-38(50(52,53)54)44(29)48(67)59-42/h2-8,21-26,30-31,34-35H,9-20,27-28H2,1H3,(H,55,65)(H,58,66)(H,59,67)(H,60,68). The average Bonchev–Trinajstić information content (AvgIpc) is 4.05. The van der Waals surface area contributed by atoms with Gasteiger partial charge in [0.2, 0.25) is 0 Å². The normalized spacial score (nSPS) is 20.1. The monoisotopic (exact) mass is 932 g/mol. The summed E-state index contributed by atoms with van der Waals surface area (Å²) >= 11 is 0. The fraction of sp³-hybridized carbons (Fsp3) is 0.400. The number of pyridine rings is 4. The number of nitrogens with one attached hydrogen (secondary N) is 4. The smallest absolute Gasteiger partial charge is 0.370 e. The van der Waals surface area contributed by atoms with Gasteiger partial charge < -0.3 is 30.4 Å². The Balaban J connectivity index is 0.724. The predicted octanol–water partition coefficient (Wildman–Crippen LogP) is 6.85. The lowest BCUT2D eigenvalue weighted by Crippen LogP contribution is -2.44. The zero-order chi connectivity index (χ0) is 47.3. The number of fused-ring (bicyclic) bond motifs is 2. The number of anilines is 3. The van der Waals surface area contributed by atoms with E-state index in [1.54, 1.807) is 49.8 Å². The number of alkyl halides is 3. The van der Waals surface area contributed by atoms with Crippen molar-refractivity contribution in [3.63, 3.8) is 0 Å². The highest BCUT2D eigenvalue weighted by Crippen LogP contribution is 2.37. The highest BCUT2D eigenvalue weighted by atomic mass is 19.4. The van der Waals surface area contributed by atoms with E-state index in [1.807, 2.05) is 18.2 Å². The summed E-state index contributed by atoms with van der Waals surface area (Å²) in [7, 11) is 1.58. The molecule has 14 nitrogen and oxygen atoms in total. The quantitative estimate of drug-likeness (QED) is 0.113. The van der Waals surface area contributed by atoms with Crippen molar-refractivity contribution in [2.75, 3.05) is 74.5 Å². The zero-order valence-electron chi connectivity index (χ0n) is 37.5. The van der Waals surface area contributed by atoms with Crippen LogP contribution in [-0.4, -0.2) is 113 Å². The van der Waals surface area contributed by atoms with Crippen LogP contribution in [0.1, 0.15) is 88.3 Å². The van der Waals surface area contributed by atoms with Crippen LogP contribution in [0.2, 0.25) is 0 Å². The Morgan fingerprint density at radius 3 is 1.69 bits per heavy atom. The number of H-pyrrole nitrogens is 2. The van der Waals surface area contributed by atoms with Crippen LogP contribution in [0.5, 0.6) is 0 Å². The molecule has 2 unspecified atom stereocenters. The van der Waals surface area contributed by atoms with Crippen molar-refractivity contribution < 1.29 is 27.2 Å². The van der Waals surface area contributed by atoms with Crippen molar-refractivity contribution in [1.29, 1.82) is 0 Å². The van der Waals surface area contributed by atoms with Gasteiger partial charge in [0.05, 0.1) is 40.1 Å².